The monoisotopic (exact) mass is 329 g/mol. The van der Waals surface area contributed by atoms with Crippen LogP contribution in [0.2, 0.25) is 5.02 Å². The normalized spacial score (nSPS) is 18.8. The predicted molar refractivity (Wildman–Crippen MR) is 82.0 cm³/mol. The maximum atomic E-state index is 5.95. The molecule has 18 heavy (non-hydrogen) atoms. The van der Waals surface area contributed by atoms with E-state index in [1.807, 2.05) is 12.1 Å². The van der Waals surface area contributed by atoms with Crippen LogP contribution in [0, 0.1) is 5.92 Å². The Kier molecular flexibility index (Phi) is 5.53. The third-order valence-corrected chi connectivity index (χ3v) is 4.96. The maximum Gasteiger partial charge on any atom is 0.0417 e. The second-order valence-corrected chi connectivity index (χ2v) is 6.59. The van der Waals surface area contributed by atoms with Crippen LogP contribution in [-0.4, -0.2) is 6.04 Å². The van der Waals surface area contributed by atoms with Crippen LogP contribution in [0.25, 0.3) is 0 Å². The molecule has 0 unspecified atom stereocenters. The van der Waals surface area contributed by atoms with Crippen molar-refractivity contribution in [2.24, 2.45) is 5.92 Å². The Bertz CT molecular complexity index is 388. The lowest BCUT2D eigenvalue weighted by molar-refractivity contribution is 0.280. The van der Waals surface area contributed by atoms with E-state index in [-0.39, 0.29) is 0 Å². The topological polar surface area (TPSA) is 12.0 Å². The zero-order chi connectivity index (χ0) is 13.0. The van der Waals surface area contributed by atoms with E-state index in [9.17, 15) is 0 Å². The minimum atomic E-state index is 0.605. The zero-order valence-corrected chi connectivity index (χ0v) is 13.2. The molecule has 2 rings (SSSR count). The highest BCUT2D eigenvalue weighted by atomic mass is 79.9. The molecule has 0 aliphatic heterocycles. The molecule has 1 atom stereocenters. The van der Waals surface area contributed by atoms with E-state index < -0.39 is 0 Å². The quantitative estimate of drug-likeness (QED) is 0.804. The SMILES string of the molecule is C[C@H](NCc1ccc(Cl)cc1Br)C1CCCCC1. The Morgan fingerprint density at radius 2 is 2.06 bits per heavy atom. The van der Waals surface area contributed by atoms with Crippen LogP contribution in [0.5, 0.6) is 0 Å². The van der Waals surface area contributed by atoms with Gasteiger partial charge in [0.1, 0.15) is 0 Å². The van der Waals surface area contributed by atoms with Gasteiger partial charge in [-0.1, -0.05) is 52.9 Å². The van der Waals surface area contributed by atoms with Crippen LogP contribution in [0.4, 0.5) is 0 Å². The van der Waals surface area contributed by atoms with Gasteiger partial charge in [0.25, 0.3) is 0 Å². The van der Waals surface area contributed by atoms with Gasteiger partial charge in [0.05, 0.1) is 0 Å². The van der Waals surface area contributed by atoms with Crippen LogP contribution < -0.4 is 5.32 Å². The van der Waals surface area contributed by atoms with Crippen molar-refractivity contribution in [3.05, 3.63) is 33.3 Å². The van der Waals surface area contributed by atoms with Gasteiger partial charge in [-0.2, -0.15) is 0 Å². The van der Waals surface area contributed by atoms with Crippen LogP contribution in [0.3, 0.4) is 0 Å². The summed E-state index contributed by atoms with van der Waals surface area (Å²) in [5.41, 5.74) is 1.28. The first kappa shape index (κ1) is 14.4. The Labute approximate surface area is 123 Å². The molecule has 3 heteroatoms. The summed E-state index contributed by atoms with van der Waals surface area (Å²) in [5, 5.41) is 4.44. The predicted octanol–water partition coefficient (Wildman–Crippen LogP) is 5.16. The fourth-order valence-electron chi connectivity index (χ4n) is 2.74. The Hall–Kier alpha value is -0.0500. The van der Waals surface area contributed by atoms with Crippen molar-refractivity contribution in [1.29, 1.82) is 0 Å². The lowest BCUT2D eigenvalue weighted by Crippen LogP contribution is -2.34. The zero-order valence-electron chi connectivity index (χ0n) is 10.9. The third-order valence-electron chi connectivity index (χ3n) is 3.99. The Balaban J connectivity index is 1.86. The summed E-state index contributed by atoms with van der Waals surface area (Å²) in [6.45, 7) is 3.23. The van der Waals surface area contributed by atoms with Crippen molar-refractivity contribution < 1.29 is 0 Å². The van der Waals surface area contributed by atoms with Crippen molar-refractivity contribution in [2.45, 2.75) is 51.6 Å². The van der Waals surface area contributed by atoms with Crippen molar-refractivity contribution in [1.82, 2.24) is 5.32 Å². The van der Waals surface area contributed by atoms with E-state index in [0.29, 0.717) is 6.04 Å². The van der Waals surface area contributed by atoms with Crippen LogP contribution in [0.15, 0.2) is 22.7 Å². The summed E-state index contributed by atoms with van der Waals surface area (Å²) in [5.74, 6) is 0.852. The van der Waals surface area contributed by atoms with E-state index in [0.717, 1.165) is 22.0 Å². The molecule has 0 aromatic heterocycles. The minimum Gasteiger partial charge on any atom is -0.310 e. The molecule has 1 aliphatic rings. The second-order valence-electron chi connectivity index (χ2n) is 5.30. The standard InChI is InChI=1S/C15H21BrClN/c1-11(12-5-3-2-4-6-12)18-10-13-7-8-14(17)9-15(13)16/h7-9,11-12,18H,2-6,10H2,1H3/t11-/m0/s1. The molecule has 0 spiro atoms. The van der Waals surface area contributed by atoms with Gasteiger partial charge < -0.3 is 5.32 Å². The fraction of sp³-hybridized carbons (Fsp3) is 0.600. The average molecular weight is 331 g/mol. The lowest BCUT2D eigenvalue weighted by atomic mass is 9.84. The van der Waals surface area contributed by atoms with Crippen molar-refractivity contribution in [2.75, 3.05) is 0 Å². The van der Waals surface area contributed by atoms with Gasteiger partial charge in [-0.3, -0.25) is 0 Å². The number of halogens is 2. The average Bonchev–Trinajstić information content (AvgIpc) is 2.38. The number of rotatable bonds is 4. The molecule has 0 bridgehead atoms. The molecule has 100 valence electrons. The summed E-state index contributed by atoms with van der Waals surface area (Å²) in [6, 6.07) is 6.61. The molecule has 1 aromatic carbocycles. The van der Waals surface area contributed by atoms with E-state index >= 15 is 0 Å². The van der Waals surface area contributed by atoms with Gasteiger partial charge in [-0.25, -0.2) is 0 Å². The Morgan fingerprint density at radius 1 is 1.33 bits per heavy atom. The molecule has 1 aromatic rings. The van der Waals surface area contributed by atoms with E-state index in [1.165, 1.54) is 37.7 Å². The Morgan fingerprint density at radius 3 is 2.72 bits per heavy atom. The van der Waals surface area contributed by atoms with Gasteiger partial charge in [-0.05, 0) is 43.4 Å². The van der Waals surface area contributed by atoms with Crippen LogP contribution in [-0.2, 0) is 6.54 Å². The summed E-state index contributed by atoms with van der Waals surface area (Å²) < 4.78 is 1.10. The number of hydrogen-bond donors (Lipinski definition) is 1. The first-order valence-electron chi connectivity index (χ1n) is 6.84. The van der Waals surface area contributed by atoms with Crippen molar-refractivity contribution >= 4 is 27.5 Å². The molecule has 1 fully saturated rings. The summed E-state index contributed by atoms with van der Waals surface area (Å²) >= 11 is 9.52. The van der Waals surface area contributed by atoms with Gasteiger partial charge in [0.15, 0.2) is 0 Å². The van der Waals surface area contributed by atoms with E-state index in [4.69, 9.17) is 11.6 Å². The van der Waals surface area contributed by atoms with Crippen molar-refractivity contribution in [3.63, 3.8) is 0 Å². The highest BCUT2D eigenvalue weighted by Gasteiger charge is 2.19. The molecule has 1 saturated carbocycles. The summed E-state index contributed by atoms with van der Waals surface area (Å²) in [7, 11) is 0. The minimum absolute atomic E-state index is 0.605. The summed E-state index contributed by atoms with van der Waals surface area (Å²) in [4.78, 5) is 0. The third kappa shape index (κ3) is 3.97. The first-order chi connectivity index (χ1) is 8.66. The largest absolute Gasteiger partial charge is 0.310 e. The molecule has 0 saturated heterocycles. The maximum absolute atomic E-state index is 5.95. The lowest BCUT2D eigenvalue weighted by Gasteiger charge is -2.28. The first-order valence-corrected chi connectivity index (χ1v) is 8.01. The van der Waals surface area contributed by atoms with Gasteiger partial charge in [-0.15, -0.1) is 0 Å². The van der Waals surface area contributed by atoms with E-state index in [1.54, 1.807) is 0 Å². The number of nitrogens with one attached hydrogen (secondary N) is 1. The molecule has 0 radical (unpaired) electrons. The highest BCUT2D eigenvalue weighted by Crippen LogP contribution is 2.27. The molecule has 1 nitrogen and oxygen atoms in total. The number of hydrogen-bond acceptors (Lipinski definition) is 1. The number of benzene rings is 1. The highest BCUT2D eigenvalue weighted by molar-refractivity contribution is 9.10. The molecule has 0 amide bonds. The molecular weight excluding hydrogens is 310 g/mol. The molecular formula is C15H21BrClN. The van der Waals surface area contributed by atoms with Crippen molar-refractivity contribution in [3.8, 4) is 0 Å². The smallest absolute Gasteiger partial charge is 0.0417 e. The van der Waals surface area contributed by atoms with Gasteiger partial charge in [0.2, 0.25) is 0 Å². The fourth-order valence-corrected chi connectivity index (χ4v) is 3.56. The molecule has 1 N–H and O–H groups in total. The van der Waals surface area contributed by atoms with E-state index in [2.05, 4.69) is 34.2 Å². The molecule has 1 aliphatic carbocycles. The van der Waals surface area contributed by atoms with Crippen LogP contribution >= 0.6 is 27.5 Å². The van der Waals surface area contributed by atoms with Gasteiger partial charge >= 0.3 is 0 Å². The second kappa shape index (κ2) is 6.93. The van der Waals surface area contributed by atoms with Crippen LogP contribution in [0.1, 0.15) is 44.6 Å². The van der Waals surface area contributed by atoms with Gasteiger partial charge in [0, 0.05) is 22.1 Å². The molecule has 0 heterocycles. The summed E-state index contributed by atoms with van der Waals surface area (Å²) in [6.07, 6.45) is 7.00.